The Morgan fingerprint density at radius 1 is 0.840 bits per heavy atom. The standard InChI is InChI=1S/C36H40Cl2N8O4/c1-44-28-13-15-39-17-26(28)40-32(44)34(47)42-24-7-3-5-22(30(24)37)23-6-4-8-25(31(23)38)43-35(48)33-41-27-19-46(16-14-29(27)45(33)2)18-20-9-11-21(12-10-20)36(49)50/h3-8,20-21,39H,9-19H2,1-2H3,(H,42,47)(H,43,48)(H,49,50)/t20-,21+. The Bertz CT molecular complexity index is 1980. The molecule has 1 saturated carbocycles. The average molecular weight is 720 g/mol. The maximum atomic E-state index is 13.6. The summed E-state index contributed by atoms with van der Waals surface area (Å²) in [5.74, 6) is -0.560. The molecule has 0 radical (unpaired) electrons. The number of imidazole rings is 2. The maximum absolute atomic E-state index is 13.6. The predicted molar refractivity (Wildman–Crippen MR) is 192 cm³/mol. The minimum atomic E-state index is -0.686. The van der Waals surface area contributed by atoms with Crippen LogP contribution in [0.15, 0.2) is 36.4 Å². The number of nitrogens with zero attached hydrogens (tertiary/aromatic N) is 5. The van der Waals surface area contributed by atoms with E-state index in [0.29, 0.717) is 63.2 Å². The summed E-state index contributed by atoms with van der Waals surface area (Å²) in [5.41, 5.74) is 5.85. The first kappa shape index (κ1) is 34.2. The third kappa shape index (κ3) is 6.64. The Hall–Kier alpha value is -4.23. The molecule has 4 aromatic rings. The van der Waals surface area contributed by atoms with E-state index in [0.717, 1.165) is 80.9 Å². The lowest BCUT2D eigenvalue weighted by Gasteiger charge is -2.33. The second-order valence-corrected chi connectivity index (χ2v) is 14.2. The summed E-state index contributed by atoms with van der Waals surface area (Å²) in [4.78, 5) is 49.9. The SMILES string of the molecule is Cn1c(C(=O)Nc2cccc(-c3cccc(NC(=O)c4nc5c(n4C)CCN(C[C@H]4CC[C@@H](C(=O)O)CC4)C5)c3Cl)c2Cl)nc2c1CCNC2. The summed E-state index contributed by atoms with van der Waals surface area (Å²) in [6.45, 7) is 3.88. The quantitative estimate of drug-likeness (QED) is 0.186. The van der Waals surface area contributed by atoms with Crippen molar-refractivity contribution in [1.29, 1.82) is 0 Å². The van der Waals surface area contributed by atoms with Gasteiger partial charge in [0.05, 0.1) is 38.7 Å². The Morgan fingerprint density at radius 3 is 1.96 bits per heavy atom. The van der Waals surface area contributed by atoms with Gasteiger partial charge in [0.2, 0.25) is 0 Å². The van der Waals surface area contributed by atoms with Crippen LogP contribution >= 0.6 is 23.2 Å². The molecule has 12 nitrogen and oxygen atoms in total. The number of aromatic nitrogens is 4. The smallest absolute Gasteiger partial charge is 0.306 e. The van der Waals surface area contributed by atoms with Crippen LogP contribution < -0.4 is 16.0 Å². The van der Waals surface area contributed by atoms with Crippen LogP contribution in [0.2, 0.25) is 10.0 Å². The highest BCUT2D eigenvalue weighted by Crippen LogP contribution is 2.40. The molecule has 2 aromatic heterocycles. The number of carbonyl (C=O) groups excluding carboxylic acids is 2. The third-order valence-electron chi connectivity index (χ3n) is 10.4. The maximum Gasteiger partial charge on any atom is 0.306 e. The Labute approximate surface area is 300 Å². The first-order chi connectivity index (χ1) is 24.1. The fourth-order valence-electron chi connectivity index (χ4n) is 7.59. The number of carboxylic acids is 1. The summed E-state index contributed by atoms with van der Waals surface area (Å²) in [6, 6.07) is 10.6. The minimum Gasteiger partial charge on any atom is -0.481 e. The molecule has 262 valence electrons. The predicted octanol–water partition coefficient (Wildman–Crippen LogP) is 5.53. The number of aliphatic carboxylic acids is 1. The molecule has 0 unspecified atom stereocenters. The van der Waals surface area contributed by atoms with Crippen molar-refractivity contribution in [2.24, 2.45) is 25.9 Å². The molecule has 50 heavy (non-hydrogen) atoms. The second kappa shape index (κ2) is 14.2. The van der Waals surface area contributed by atoms with Gasteiger partial charge in [-0.1, -0.05) is 47.5 Å². The second-order valence-electron chi connectivity index (χ2n) is 13.5. The number of carbonyl (C=O) groups is 3. The number of nitrogens with one attached hydrogen (secondary N) is 3. The van der Waals surface area contributed by atoms with Crippen molar-refractivity contribution in [3.8, 4) is 11.1 Å². The summed E-state index contributed by atoms with van der Waals surface area (Å²) in [6.07, 6.45) is 4.88. The number of hydrogen-bond acceptors (Lipinski definition) is 7. The first-order valence-corrected chi connectivity index (χ1v) is 17.8. The van der Waals surface area contributed by atoms with Crippen LogP contribution in [0.1, 0.15) is 69.7 Å². The molecule has 2 amide bonds. The zero-order valence-electron chi connectivity index (χ0n) is 28.1. The van der Waals surface area contributed by atoms with Gasteiger partial charge in [-0.3, -0.25) is 19.3 Å². The van der Waals surface area contributed by atoms with E-state index in [1.54, 1.807) is 24.3 Å². The lowest BCUT2D eigenvalue weighted by atomic mass is 9.81. The van der Waals surface area contributed by atoms with Crippen LogP contribution in [-0.2, 0) is 44.8 Å². The molecule has 0 atom stereocenters. The summed E-state index contributed by atoms with van der Waals surface area (Å²) < 4.78 is 3.69. The van der Waals surface area contributed by atoms with Gasteiger partial charge >= 0.3 is 5.97 Å². The molecule has 0 spiro atoms. The zero-order chi connectivity index (χ0) is 35.1. The van der Waals surface area contributed by atoms with Crippen molar-refractivity contribution in [3.63, 3.8) is 0 Å². The van der Waals surface area contributed by atoms with E-state index in [4.69, 9.17) is 28.2 Å². The van der Waals surface area contributed by atoms with Crippen LogP contribution in [-0.4, -0.2) is 66.5 Å². The van der Waals surface area contributed by atoms with Crippen molar-refractivity contribution in [3.05, 3.63) is 80.9 Å². The van der Waals surface area contributed by atoms with Crippen molar-refractivity contribution < 1.29 is 19.5 Å². The van der Waals surface area contributed by atoms with Gasteiger partial charge in [0.25, 0.3) is 11.8 Å². The molecule has 1 aliphatic carbocycles. The molecular formula is C36H40Cl2N8O4. The van der Waals surface area contributed by atoms with Crippen LogP contribution in [0.3, 0.4) is 0 Å². The van der Waals surface area contributed by atoms with Crippen LogP contribution in [0.5, 0.6) is 0 Å². The average Bonchev–Trinajstić information content (AvgIpc) is 3.63. The van der Waals surface area contributed by atoms with E-state index in [-0.39, 0.29) is 17.7 Å². The number of anilines is 2. The molecule has 2 aromatic carbocycles. The highest BCUT2D eigenvalue weighted by Gasteiger charge is 2.30. The number of benzene rings is 2. The largest absolute Gasteiger partial charge is 0.481 e. The molecule has 4 N–H and O–H groups in total. The summed E-state index contributed by atoms with van der Waals surface area (Å²) in [7, 11) is 3.70. The highest BCUT2D eigenvalue weighted by atomic mass is 35.5. The molecule has 4 heterocycles. The molecule has 2 aliphatic heterocycles. The Morgan fingerprint density at radius 2 is 1.40 bits per heavy atom. The van der Waals surface area contributed by atoms with Crippen molar-refractivity contribution in [2.45, 2.75) is 51.6 Å². The molecule has 7 rings (SSSR count). The van der Waals surface area contributed by atoms with E-state index in [1.807, 2.05) is 35.4 Å². The van der Waals surface area contributed by atoms with E-state index in [9.17, 15) is 19.5 Å². The third-order valence-corrected chi connectivity index (χ3v) is 11.2. The van der Waals surface area contributed by atoms with Gasteiger partial charge in [-0.05, 0) is 43.7 Å². The fourth-order valence-corrected chi connectivity index (χ4v) is 8.14. The number of fused-ring (bicyclic) bond motifs is 2. The molecule has 0 bridgehead atoms. The lowest BCUT2D eigenvalue weighted by molar-refractivity contribution is -0.143. The minimum absolute atomic E-state index is 0.221. The number of rotatable bonds is 8. The topological polar surface area (TPSA) is 146 Å². The molecule has 0 saturated heterocycles. The lowest BCUT2D eigenvalue weighted by Crippen LogP contribution is -2.36. The van der Waals surface area contributed by atoms with Gasteiger partial charge < -0.3 is 30.2 Å². The Balaban J connectivity index is 1.04. The van der Waals surface area contributed by atoms with E-state index in [1.165, 1.54) is 0 Å². The normalized spacial score (nSPS) is 19.0. The van der Waals surface area contributed by atoms with Crippen molar-refractivity contribution in [1.82, 2.24) is 29.3 Å². The molecular weight excluding hydrogens is 679 g/mol. The Kier molecular flexibility index (Phi) is 9.71. The number of hydrogen-bond donors (Lipinski definition) is 4. The first-order valence-electron chi connectivity index (χ1n) is 17.0. The van der Waals surface area contributed by atoms with Gasteiger partial charge in [0, 0.05) is 82.2 Å². The van der Waals surface area contributed by atoms with Crippen molar-refractivity contribution >= 4 is 52.4 Å². The van der Waals surface area contributed by atoms with Crippen LogP contribution in [0.25, 0.3) is 11.1 Å². The molecule has 14 heteroatoms. The number of amides is 2. The zero-order valence-corrected chi connectivity index (χ0v) is 29.6. The van der Waals surface area contributed by atoms with Gasteiger partial charge in [-0.25, -0.2) is 9.97 Å². The monoisotopic (exact) mass is 718 g/mol. The number of halogens is 2. The van der Waals surface area contributed by atoms with E-state index >= 15 is 0 Å². The van der Waals surface area contributed by atoms with Crippen molar-refractivity contribution in [2.75, 3.05) is 30.3 Å². The van der Waals surface area contributed by atoms with Gasteiger partial charge in [0.15, 0.2) is 11.6 Å². The summed E-state index contributed by atoms with van der Waals surface area (Å²) >= 11 is 13.8. The number of carboxylic acid groups (broad SMARTS) is 1. The summed E-state index contributed by atoms with van der Waals surface area (Å²) in [5, 5.41) is 19.1. The fraction of sp³-hybridized carbons (Fsp3) is 0.417. The van der Waals surface area contributed by atoms with E-state index in [2.05, 4.69) is 25.8 Å². The van der Waals surface area contributed by atoms with Crippen LogP contribution in [0, 0.1) is 11.8 Å². The molecule has 1 fully saturated rings. The molecule has 3 aliphatic rings. The highest BCUT2D eigenvalue weighted by molar-refractivity contribution is 6.40. The van der Waals surface area contributed by atoms with Gasteiger partial charge in [-0.2, -0.15) is 0 Å². The van der Waals surface area contributed by atoms with Gasteiger partial charge in [0.1, 0.15) is 0 Å². The van der Waals surface area contributed by atoms with Gasteiger partial charge in [-0.15, -0.1) is 0 Å². The van der Waals surface area contributed by atoms with E-state index < -0.39 is 5.97 Å². The van der Waals surface area contributed by atoms with Crippen LogP contribution in [0.4, 0.5) is 11.4 Å².